The van der Waals surface area contributed by atoms with Gasteiger partial charge in [-0.1, -0.05) is 77.3 Å². The van der Waals surface area contributed by atoms with Gasteiger partial charge in [0.05, 0.1) is 10.6 Å². The van der Waals surface area contributed by atoms with E-state index >= 15 is 0 Å². The van der Waals surface area contributed by atoms with Crippen LogP contribution in [0, 0.1) is 13.8 Å². The number of amides is 2. The van der Waals surface area contributed by atoms with Gasteiger partial charge in [-0.25, -0.2) is 8.42 Å². The van der Waals surface area contributed by atoms with Crippen LogP contribution in [0.2, 0.25) is 15.1 Å². The molecule has 4 aromatic carbocycles. The second-order valence-electron chi connectivity index (χ2n) is 10.3. The Morgan fingerprint density at radius 3 is 2.05 bits per heavy atom. The van der Waals surface area contributed by atoms with Gasteiger partial charge in [-0.3, -0.25) is 13.9 Å². The van der Waals surface area contributed by atoms with Crippen molar-refractivity contribution < 1.29 is 18.0 Å². The molecule has 2 amide bonds. The molecule has 0 aliphatic carbocycles. The number of rotatable bonds is 11. The Balaban J connectivity index is 1.84. The van der Waals surface area contributed by atoms with Gasteiger partial charge < -0.3 is 10.2 Å². The largest absolute Gasteiger partial charge is 0.357 e. The monoisotopic (exact) mass is 671 g/mol. The van der Waals surface area contributed by atoms with E-state index in [1.807, 2.05) is 44.2 Å². The fourth-order valence-electron chi connectivity index (χ4n) is 4.72. The minimum absolute atomic E-state index is 0.0410. The molecule has 0 aliphatic heterocycles. The lowest BCUT2D eigenvalue weighted by atomic mass is 10.0. The molecular formula is C33H32Cl3N3O4S. The van der Waals surface area contributed by atoms with Gasteiger partial charge in [0.2, 0.25) is 11.8 Å². The summed E-state index contributed by atoms with van der Waals surface area (Å²) in [5.74, 6) is -1.05. The van der Waals surface area contributed by atoms with E-state index in [-0.39, 0.29) is 17.9 Å². The van der Waals surface area contributed by atoms with Gasteiger partial charge in [-0.15, -0.1) is 0 Å². The van der Waals surface area contributed by atoms with Gasteiger partial charge in [0.25, 0.3) is 10.0 Å². The molecule has 0 spiro atoms. The standard InChI is InChI=1S/C33H32Cl3N3O4S/c1-22-12-15-26(18-23(22)2)39(44(42,43)27-16-13-25(34)14-17-27)21-32(40)38(20-28-29(35)10-7-11-30(28)36)31(33(41)37-3)19-24-8-5-4-6-9-24/h4-18,31H,19-21H2,1-3H3,(H,37,41)/t31-/m1/s1. The van der Waals surface area contributed by atoms with Crippen molar-refractivity contribution in [1.82, 2.24) is 10.2 Å². The quantitative estimate of drug-likeness (QED) is 0.189. The van der Waals surface area contributed by atoms with Gasteiger partial charge in [-0.2, -0.15) is 0 Å². The lowest BCUT2D eigenvalue weighted by Gasteiger charge is -2.34. The molecule has 0 saturated heterocycles. The molecule has 0 fully saturated rings. The summed E-state index contributed by atoms with van der Waals surface area (Å²) in [4.78, 5) is 29.1. The topological polar surface area (TPSA) is 86.8 Å². The van der Waals surface area contributed by atoms with Crippen molar-refractivity contribution in [2.24, 2.45) is 0 Å². The van der Waals surface area contributed by atoms with Gasteiger partial charge in [0.1, 0.15) is 12.6 Å². The number of hydrogen-bond donors (Lipinski definition) is 1. The summed E-state index contributed by atoms with van der Waals surface area (Å²) in [6.45, 7) is 3.04. The van der Waals surface area contributed by atoms with Gasteiger partial charge in [-0.05, 0) is 79.1 Å². The van der Waals surface area contributed by atoms with E-state index in [2.05, 4.69) is 5.32 Å². The number of nitrogens with one attached hydrogen (secondary N) is 1. The molecule has 4 rings (SSSR count). The summed E-state index contributed by atoms with van der Waals surface area (Å²) in [6.07, 6.45) is 0.169. The third-order valence-corrected chi connectivity index (χ3v) is 10.1. The summed E-state index contributed by atoms with van der Waals surface area (Å²) < 4.78 is 29.3. The first-order chi connectivity index (χ1) is 20.9. The van der Waals surface area contributed by atoms with Crippen molar-refractivity contribution in [3.63, 3.8) is 0 Å². The van der Waals surface area contributed by atoms with E-state index in [1.165, 1.54) is 36.2 Å². The van der Waals surface area contributed by atoms with Crippen LogP contribution < -0.4 is 9.62 Å². The average Bonchev–Trinajstić information content (AvgIpc) is 3.00. The minimum Gasteiger partial charge on any atom is -0.357 e. The summed E-state index contributed by atoms with van der Waals surface area (Å²) in [5.41, 5.74) is 3.35. The van der Waals surface area contributed by atoms with Crippen molar-refractivity contribution in [1.29, 1.82) is 0 Å². The van der Waals surface area contributed by atoms with Crippen molar-refractivity contribution in [2.75, 3.05) is 17.9 Å². The molecule has 0 heterocycles. The van der Waals surface area contributed by atoms with Gasteiger partial charge in [0.15, 0.2) is 0 Å². The highest BCUT2D eigenvalue weighted by molar-refractivity contribution is 7.92. The number of anilines is 1. The van der Waals surface area contributed by atoms with Crippen LogP contribution >= 0.6 is 34.8 Å². The molecule has 1 N–H and O–H groups in total. The number of carbonyl (C=O) groups excluding carboxylic acids is 2. The summed E-state index contributed by atoms with van der Waals surface area (Å²) >= 11 is 19.1. The molecule has 44 heavy (non-hydrogen) atoms. The van der Waals surface area contributed by atoms with Crippen molar-refractivity contribution in [2.45, 2.75) is 37.8 Å². The Bertz CT molecular complexity index is 1730. The zero-order valence-electron chi connectivity index (χ0n) is 24.4. The number of aryl methyl sites for hydroxylation is 2. The molecule has 4 aromatic rings. The highest BCUT2D eigenvalue weighted by atomic mass is 35.5. The zero-order valence-corrected chi connectivity index (χ0v) is 27.5. The third kappa shape index (κ3) is 7.74. The van der Waals surface area contributed by atoms with Crippen LogP contribution in [0.4, 0.5) is 5.69 Å². The summed E-state index contributed by atoms with van der Waals surface area (Å²) in [5, 5.41) is 3.64. The van der Waals surface area contributed by atoms with Gasteiger partial charge >= 0.3 is 0 Å². The summed E-state index contributed by atoms with van der Waals surface area (Å²) in [7, 11) is -2.77. The molecule has 0 radical (unpaired) electrons. The molecule has 1 atom stereocenters. The molecule has 0 bridgehead atoms. The first-order valence-corrected chi connectivity index (χ1v) is 16.3. The van der Waals surface area contributed by atoms with Crippen molar-refractivity contribution in [3.8, 4) is 0 Å². The molecule has 7 nitrogen and oxygen atoms in total. The predicted octanol–water partition coefficient (Wildman–Crippen LogP) is 6.85. The zero-order chi connectivity index (χ0) is 32.0. The first kappa shape index (κ1) is 33.3. The molecule has 11 heteroatoms. The number of hydrogen-bond acceptors (Lipinski definition) is 4. The maximum atomic E-state index is 14.4. The predicted molar refractivity (Wildman–Crippen MR) is 177 cm³/mol. The number of sulfonamides is 1. The molecule has 230 valence electrons. The minimum atomic E-state index is -4.25. The number of nitrogens with zero attached hydrogens (tertiary/aromatic N) is 2. The third-order valence-electron chi connectivity index (χ3n) is 7.37. The number of benzene rings is 4. The van der Waals surface area contributed by atoms with E-state index in [0.717, 1.165) is 21.0 Å². The number of carbonyl (C=O) groups is 2. The maximum Gasteiger partial charge on any atom is 0.264 e. The molecule has 0 aliphatic rings. The molecule has 0 unspecified atom stereocenters. The fourth-order valence-corrected chi connectivity index (χ4v) is 6.77. The van der Waals surface area contributed by atoms with Crippen molar-refractivity contribution >= 4 is 62.3 Å². The summed E-state index contributed by atoms with van der Waals surface area (Å²) in [6, 6.07) is 24.1. The molecular weight excluding hydrogens is 641 g/mol. The lowest BCUT2D eigenvalue weighted by molar-refractivity contribution is -0.139. The van der Waals surface area contributed by atoms with E-state index in [9.17, 15) is 18.0 Å². The highest BCUT2D eigenvalue weighted by Crippen LogP contribution is 2.30. The second kappa shape index (κ2) is 14.5. The lowest BCUT2D eigenvalue weighted by Crippen LogP contribution is -2.53. The van der Waals surface area contributed by atoms with Crippen LogP contribution in [-0.2, 0) is 32.6 Å². The number of likely N-dealkylation sites (N-methyl/N-ethyl adjacent to an activating group) is 1. The fraction of sp³-hybridized carbons (Fsp3) is 0.212. The van der Waals surface area contributed by atoms with Crippen molar-refractivity contribution in [3.05, 3.63) is 128 Å². The Labute approximate surface area is 273 Å². The van der Waals surface area contributed by atoms with Crippen LogP contribution in [0.3, 0.4) is 0 Å². The SMILES string of the molecule is CNC(=O)[C@@H](Cc1ccccc1)N(Cc1c(Cl)cccc1Cl)C(=O)CN(c1ccc(C)c(C)c1)S(=O)(=O)c1ccc(Cl)cc1. The Morgan fingerprint density at radius 1 is 0.818 bits per heavy atom. The van der Waals surface area contributed by atoms with Gasteiger partial charge in [0, 0.05) is 40.6 Å². The molecule has 0 aromatic heterocycles. The highest BCUT2D eigenvalue weighted by Gasteiger charge is 2.35. The Hall–Kier alpha value is -3.56. The smallest absolute Gasteiger partial charge is 0.264 e. The maximum absolute atomic E-state index is 14.4. The van der Waals surface area contributed by atoms with Crippen LogP contribution in [0.1, 0.15) is 22.3 Å². The molecule has 0 saturated carbocycles. The van der Waals surface area contributed by atoms with Crippen LogP contribution in [0.15, 0.2) is 95.9 Å². The Morgan fingerprint density at radius 2 is 1.45 bits per heavy atom. The van der Waals surface area contributed by atoms with E-state index in [0.29, 0.717) is 26.3 Å². The number of halogens is 3. The van der Waals surface area contributed by atoms with E-state index in [1.54, 1.807) is 36.4 Å². The van der Waals surface area contributed by atoms with E-state index < -0.39 is 34.4 Å². The second-order valence-corrected chi connectivity index (χ2v) is 13.4. The van der Waals surface area contributed by atoms with Crippen LogP contribution in [0.5, 0.6) is 0 Å². The average molecular weight is 673 g/mol. The van der Waals surface area contributed by atoms with E-state index in [4.69, 9.17) is 34.8 Å². The Kier molecular flexibility index (Phi) is 11.0. The van der Waals surface area contributed by atoms with Crippen LogP contribution in [0.25, 0.3) is 0 Å². The first-order valence-electron chi connectivity index (χ1n) is 13.8. The normalized spacial score (nSPS) is 12.0. The van der Waals surface area contributed by atoms with Crippen LogP contribution in [-0.4, -0.2) is 44.8 Å².